The van der Waals surface area contributed by atoms with Crippen molar-refractivity contribution in [3.8, 4) is 0 Å². The van der Waals surface area contributed by atoms with Crippen LogP contribution in [0.1, 0.15) is 39.4 Å². The zero-order valence-electron chi connectivity index (χ0n) is 10.2. The van der Waals surface area contributed by atoms with Crippen molar-refractivity contribution in [3.05, 3.63) is 30.1 Å². The summed E-state index contributed by atoms with van der Waals surface area (Å²) < 4.78 is 0. The molecule has 1 aromatic rings. The Hall–Kier alpha value is -1.58. The molecule has 0 aliphatic heterocycles. The molecule has 1 rings (SSSR count). The van der Waals surface area contributed by atoms with Gasteiger partial charge in [0.15, 0.2) is 0 Å². The summed E-state index contributed by atoms with van der Waals surface area (Å²) in [4.78, 5) is 15.8. The van der Waals surface area contributed by atoms with Crippen LogP contribution in [0.4, 0.5) is 4.79 Å². The Morgan fingerprint density at radius 1 is 1.38 bits per heavy atom. The maximum Gasteiger partial charge on any atom is 0.315 e. The van der Waals surface area contributed by atoms with Gasteiger partial charge in [0, 0.05) is 11.7 Å². The lowest BCUT2D eigenvalue weighted by atomic mass is 10.1. The van der Waals surface area contributed by atoms with E-state index >= 15 is 0 Å². The minimum Gasteiger partial charge on any atom is -0.334 e. The maximum atomic E-state index is 11.6. The molecule has 0 saturated heterocycles. The Kier molecular flexibility index (Phi) is 3.88. The molecule has 0 saturated carbocycles. The molecule has 1 atom stereocenters. The van der Waals surface area contributed by atoms with Crippen LogP contribution in [0.2, 0.25) is 0 Å². The Labute approximate surface area is 96.5 Å². The van der Waals surface area contributed by atoms with Crippen LogP contribution in [-0.4, -0.2) is 16.6 Å². The zero-order chi connectivity index (χ0) is 12.2. The van der Waals surface area contributed by atoms with Gasteiger partial charge in [-0.05, 0) is 39.8 Å². The molecule has 1 heterocycles. The normalized spacial score (nSPS) is 13.0. The summed E-state index contributed by atoms with van der Waals surface area (Å²) in [6, 6.07) is 5.38. The molecule has 0 bridgehead atoms. The van der Waals surface area contributed by atoms with E-state index in [-0.39, 0.29) is 17.6 Å². The van der Waals surface area contributed by atoms with Crippen molar-refractivity contribution >= 4 is 6.03 Å². The SMILES string of the molecule is CC(NC(=O)NC(C)(C)C)c1ccccn1. The molecule has 88 valence electrons. The molecule has 4 heteroatoms. The largest absolute Gasteiger partial charge is 0.334 e. The fourth-order valence-electron chi connectivity index (χ4n) is 1.28. The Morgan fingerprint density at radius 3 is 2.56 bits per heavy atom. The van der Waals surface area contributed by atoms with Crippen molar-refractivity contribution in [1.29, 1.82) is 0 Å². The number of aromatic nitrogens is 1. The number of amides is 2. The molecule has 4 nitrogen and oxygen atoms in total. The number of nitrogens with one attached hydrogen (secondary N) is 2. The first-order chi connectivity index (χ1) is 7.38. The first-order valence-corrected chi connectivity index (χ1v) is 5.38. The summed E-state index contributed by atoms with van der Waals surface area (Å²) in [5, 5.41) is 5.68. The van der Waals surface area contributed by atoms with Gasteiger partial charge in [-0.25, -0.2) is 4.79 Å². The first kappa shape index (κ1) is 12.5. The van der Waals surface area contributed by atoms with Gasteiger partial charge in [-0.1, -0.05) is 6.07 Å². The van der Waals surface area contributed by atoms with Gasteiger partial charge in [-0.15, -0.1) is 0 Å². The van der Waals surface area contributed by atoms with Crippen LogP contribution >= 0.6 is 0 Å². The van der Waals surface area contributed by atoms with Gasteiger partial charge in [-0.3, -0.25) is 4.98 Å². The molecule has 1 aromatic heterocycles. The number of rotatable bonds is 2. The third-order valence-corrected chi connectivity index (χ3v) is 1.97. The van der Waals surface area contributed by atoms with E-state index in [0.717, 1.165) is 5.69 Å². The third kappa shape index (κ3) is 4.29. The minimum atomic E-state index is -0.228. The van der Waals surface area contributed by atoms with Gasteiger partial charge in [-0.2, -0.15) is 0 Å². The van der Waals surface area contributed by atoms with Gasteiger partial charge in [0.25, 0.3) is 0 Å². The average molecular weight is 221 g/mol. The van der Waals surface area contributed by atoms with E-state index in [0.29, 0.717) is 0 Å². The summed E-state index contributed by atoms with van der Waals surface area (Å²) in [6.45, 7) is 7.73. The Bertz CT molecular complexity index is 343. The van der Waals surface area contributed by atoms with E-state index in [9.17, 15) is 4.79 Å². The average Bonchev–Trinajstić information content (AvgIpc) is 2.16. The third-order valence-electron chi connectivity index (χ3n) is 1.97. The van der Waals surface area contributed by atoms with Crippen LogP contribution in [0, 0.1) is 0 Å². The topological polar surface area (TPSA) is 54.0 Å². The number of carbonyl (C=O) groups excluding carboxylic acids is 1. The highest BCUT2D eigenvalue weighted by Gasteiger charge is 2.16. The highest BCUT2D eigenvalue weighted by Crippen LogP contribution is 2.08. The number of urea groups is 1. The smallest absolute Gasteiger partial charge is 0.315 e. The second-order valence-electron chi connectivity index (χ2n) is 4.82. The van der Waals surface area contributed by atoms with Gasteiger partial charge in [0.05, 0.1) is 11.7 Å². The van der Waals surface area contributed by atoms with Crippen molar-refractivity contribution in [2.75, 3.05) is 0 Å². The number of pyridine rings is 1. The molecule has 16 heavy (non-hydrogen) atoms. The lowest BCUT2D eigenvalue weighted by molar-refractivity contribution is 0.229. The van der Waals surface area contributed by atoms with Crippen molar-refractivity contribution < 1.29 is 4.79 Å². The molecule has 2 N–H and O–H groups in total. The lowest BCUT2D eigenvalue weighted by Crippen LogP contribution is -2.47. The zero-order valence-corrected chi connectivity index (χ0v) is 10.2. The summed E-state index contributed by atoms with van der Waals surface area (Å²) >= 11 is 0. The summed E-state index contributed by atoms with van der Waals surface area (Å²) in [7, 11) is 0. The summed E-state index contributed by atoms with van der Waals surface area (Å²) in [6.07, 6.45) is 1.72. The van der Waals surface area contributed by atoms with Crippen LogP contribution in [0.3, 0.4) is 0 Å². The fraction of sp³-hybridized carbons (Fsp3) is 0.500. The molecule has 0 aliphatic rings. The van der Waals surface area contributed by atoms with Crippen LogP contribution < -0.4 is 10.6 Å². The molecule has 0 fully saturated rings. The van der Waals surface area contributed by atoms with E-state index in [1.807, 2.05) is 45.9 Å². The standard InChI is InChI=1S/C12H19N3O/c1-9(10-7-5-6-8-13-10)14-11(16)15-12(2,3)4/h5-9H,1-4H3,(H2,14,15,16). The van der Waals surface area contributed by atoms with Crippen molar-refractivity contribution in [2.24, 2.45) is 0 Å². The number of hydrogen-bond acceptors (Lipinski definition) is 2. The van der Waals surface area contributed by atoms with Gasteiger partial charge in [0.2, 0.25) is 0 Å². The number of hydrogen-bond donors (Lipinski definition) is 2. The highest BCUT2D eigenvalue weighted by molar-refractivity contribution is 5.75. The van der Waals surface area contributed by atoms with Crippen LogP contribution in [0.5, 0.6) is 0 Å². The quantitative estimate of drug-likeness (QED) is 0.804. The van der Waals surface area contributed by atoms with Crippen molar-refractivity contribution in [2.45, 2.75) is 39.3 Å². The van der Waals surface area contributed by atoms with Gasteiger partial charge >= 0.3 is 6.03 Å². The highest BCUT2D eigenvalue weighted by atomic mass is 16.2. The molecule has 2 amide bonds. The van der Waals surface area contributed by atoms with E-state index < -0.39 is 0 Å². The molecule has 1 unspecified atom stereocenters. The molecule has 0 radical (unpaired) electrons. The van der Waals surface area contributed by atoms with Crippen LogP contribution in [-0.2, 0) is 0 Å². The first-order valence-electron chi connectivity index (χ1n) is 5.38. The van der Waals surface area contributed by atoms with Gasteiger partial charge in [0.1, 0.15) is 0 Å². The lowest BCUT2D eigenvalue weighted by Gasteiger charge is -2.22. The monoisotopic (exact) mass is 221 g/mol. The maximum absolute atomic E-state index is 11.6. The van der Waals surface area contributed by atoms with E-state index in [1.54, 1.807) is 6.20 Å². The molecular weight excluding hydrogens is 202 g/mol. The van der Waals surface area contributed by atoms with Crippen molar-refractivity contribution in [1.82, 2.24) is 15.6 Å². The second-order valence-corrected chi connectivity index (χ2v) is 4.82. The Morgan fingerprint density at radius 2 is 2.06 bits per heavy atom. The molecule has 0 aliphatic carbocycles. The predicted molar refractivity (Wildman–Crippen MR) is 64.1 cm³/mol. The number of carbonyl (C=O) groups is 1. The number of nitrogens with zero attached hydrogens (tertiary/aromatic N) is 1. The summed E-state index contributed by atoms with van der Waals surface area (Å²) in [5.74, 6) is 0. The fourth-order valence-corrected chi connectivity index (χ4v) is 1.28. The van der Waals surface area contributed by atoms with E-state index in [1.165, 1.54) is 0 Å². The van der Waals surface area contributed by atoms with Crippen LogP contribution in [0.15, 0.2) is 24.4 Å². The van der Waals surface area contributed by atoms with Crippen LogP contribution in [0.25, 0.3) is 0 Å². The minimum absolute atomic E-state index is 0.0939. The summed E-state index contributed by atoms with van der Waals surface area (Å²) in [5.41, 5.74) is 0.625. The predicted octanol–water partition coefficient (Wildman–Crippen LogP) is 2.24. The van der Waals surface area contributed by atoms with E-state index in [2.05, 4.69) is 15.6 Å². The molecule has 0 aromatic carbocycles. The van der Waals surface area contributed by atoms with Gasteiger partial charge < -0.3 is 10.6 Å². The Balaban J connectivity index is 2.52. The molecular formula is C12H19N3O. The molecule has 0 spiro atoms. The van der Waals surface area contributed by atoms with Crippen molar-refractivity contribution in [3.63, 3.8) is 0 Å². The second kappa shape index (κ2) is 4.96. The van der Waals surface area contributed by atoms with E-state index in [4.69, 9.17) is 0 Å².